The number of aliphatic hydroxyl groups excluding tert-OH is 1. The average Bonchev–Trinajstić information content (AvgIpc) is 3.16. The minimum atomic E-state index is -3.23. The van der Waals surface area contributed by atoms with Gasteiger partial charge in [0.15, 0.2) is 15.5 Å². The molecule has 0 amide bonds. The van der Waals surface area contributed by atoms with E-state index in [1.54, 1.807) is 36.7 Å². The Hall–Kier alpha value is -2.56. The highest BCUT2D eigenvalue weighted by atomic mass is 32.2. The number of hydrogen-bond acceptors (Lipinski definition) is 8. The molecule has 0 atom stereocenters. The van der Waals surface area contributed by atoms with Gasteiger partial charge < -0.3 is 15.3 Å². The molecule has 1 saturated carbocycles. The van der Waals surface area contributed by atoms with Crippen LogP contribution in [0.3, 0.4) is 0 Å². The summed E-state index contributed by atoms with van der Waals surface area (Å²) < 4.78 is 25.2. The van der Waals surface area contributed by atoms with Crippen molar-refractivity contribution in [2.45, 2.75) is 43.2 Å². The second-order valence-corrected chi connectivity index (χ2v) is 10.6. The van der Waals surface area contributed by atoms with Crippen molar-refractivity contribution in [3.8, 4) is 0 Å². The first kappa shape index (κ1) is 22.6. The number of anilines is 2. The molecule has 1 aromatic carbocycles. The molecule has 2 heterocycles. The number of fused-ring (bicyclic) bond motifs is 1. The maximum absolute atomic E-state index is 11.6. The van der Waals surface area contributed by atoms with E-state index in [4.69, 9.17) is 5.11 Å². The number of hydrogen-bond donors (Lipinski definition) is 2. The number of aromatic nitrogens is 4. The second-order valence-electron chi connectivity index (χ2n) is 8.60. The molecule has 172 valence electrons. The van der Waals surface area contributed by atoms with Gasteiger partial charge in [-0.2, -0.15) is 10.1 Å². The highest BCUT2D eigenvalue weighted by Crippen LogP contribution is 2.29. The fourth-order valence-electron chi connectivity index (χ4n) is 4.33. The number of aliphatic hydroxyl groups is 1. The average molecular weight is 459 g/mol. The van der Waals surface area contributed by atoms with Crippen molar-refractivity contribution in [3.05, 3.63) is 36.7 Å². The Kier molecular flexibility index (Phi) is 6.73. The van der Waals surface area contributed by atoms with E-state index >= 15 is 0 Å². The molecule has 1 fully saturated rings. The molecule has 32 heavy (non-hydrogen) atoms. The van der Waals surface area contributed by atoms with Crippen LogP contribution in [-0.2, 0) is 16.4 Å². The summed E-state index contributed by atoms with van der Waals surface area (Å²) >= 11 is 0. The van der Waals surface area contributed by atoms with Crippen LogP contribution < -0.4 is 5.32 Å². The quantitative estimate of drug-likeness (QED) is 0.529. The molecule has 1 aliphatic rings. The largest absolute Gasteiger partial charge is 0.395 e. The Balaban J connectivity index is 1.43. The van der Waals surface area contributed by atoms with Gasteiger partial charge in [0.25, 0.3) is 0 Å². The minimum Gasteiger partial charge on any atom is -0.395 e. The first-order chi connectivity index (χ1) is 15.3. The lowest BCUT2D eigenvalue weighted by Gasteiger charge is -2.34. The Morgan fingerprint density at radius 1 is 1.16 bits per heavy atom. The Bertz CT molecular complexity index is 1150. The van der Waals surface area contributed by atoms with Gasteiger partial charge in [0, 0.05) is 37.3 Å². The van der Waals surface area contributed by atoms with E-state index in [1.165, 1.54) is 6.26 Å². The highest BCUT2D eigenvalue weighted by molar-refractivity contribution is 7.90. The molecule has 0 spiro atoms. The topological polar surface area (TPSA) is 113 Å². The lowest BCUT2D eigenvalue weighted by molar-refractivity contribution is 0.131. The van der Waals surface area contributed by atoms with Gasteiger partial charge in [-0.1, -0.05) is 0 Å². The summed E-state index contributed by atoms with van der Waals surface area (Å²) in [6.07, 6.45) is 9.25. The van der Waals surface area contributed by atoms with E-state index < -0.39 is 9.84 Å². The number of benzene rings is 1. The molecule has 0 bridgehead atoms. The van der Waals surface area contributed by atoms with E-state index in [0.717, 1.165) is 49.8 Å². The van der Waals surface area contributed by atoms with E-state index in [9.17, 15) is 8.42 Å². The first-order valence-electron chi connectivity index (χ1n) is 10.9. The monoisotopic (exact) mass is 458 g/mol. The predicted octanol–water partition coefficient (Wildman–Crippen LogP) is 2.46. The standard InChI is InChI=1S/C22H30N6O3S/c1-27(11-12-29)19-7-3-16(4-8-19)15-28-21-17(14-24-28)13-23-22(26-21)25-18-5-9-20(10-6-18)32(2,30)31/h5-6,9-10,13-14,16,19,29H,3-4,7-8,11-12,15H2,1-2H3,(H,23,25,26). The van der Waals surface area contributed by atoms with Gasteiger partial charge in [-0.05, 0) is 62.9 Å². The van der Waals surface area contributed by atoms with Crippen LogP contribution in [0.25, 0.3) is 11.0 Å². The molecule has 0 saturated heterocycles. The van der Waals surface area contributed by atoms with Gasteiger partial charge in [0.2, 0.25) is 5.95 Å². The van der Waals surface area contributed by atoms with Crippen LogP contribution in [0.1, 0.15) is 25.7 Å². The van der Waals surface area contributed by atoms with E-state index in [2.05, 4.69) is 32.3 Å². The van der Waals surface area contributed by atoms with Crippen molar-refractivity contribution in [1.82, 2.24) is 24.6 Å². The molecule has 4 rings (SSSR count). The van der Waals surface area contributed by atoms with Gasteiger partial charge in [-0.3, -0.25) is 0 Å². The fraction of sp³-hybridized carbons (Fsp3) is 0.500. The zero-order chi connectivity index (χ0) is 22.7. The summed E-state index contributed by atoms with van der Waals surface area (Å²) in [5.41, 5.74) is 1.50. The Morgan fingerprint density at radius 2 is 1.88 bits per heavy atom. The third-order valence-electron chi connectivity index (χ3n) is 6.24. The fourth-order valence-corrected chi connectivity index (χ4v) is 4.96. The lowest BCUT2D eigenvalue weighted by atomic mass is 9.85. The maximum Gasteiger partial charge on any atom is 0.229 e. The van der Waals surface area contributed by atoms with Crippen LogP contribution in [0.5, 0.6) is 0 Å². The van der Waals surface area contributed by atoms with Crippen molar-refractivity contribution in [1.29, 1.82) is 0 Å². The van der Waals surface area contributed by atoms with Crippen LogP contribution in [0.2, 0.25) is 0 Å². The number of likely N-dealkylation sites (N-methyl/N-ethyl adjacent to an activating group) is 1. The lowest BCUT2D eigenvalue weighted by Crippen LogP contribution is -2.37. The molecule has 0 radical (unpaired) electrons. The molecule has 0 unspecified atom stereocenters. The van der Waals surface area contributed by atoms with Crippen molar-refractivity contribution >= 4 is 32.5 Å². The summed E-state index contributed by atoms with van der Waals surface area (Å²) in [6, 6.07) is 7.07. The molecule has 2 N–H and O–H groups in total. The van der Waals surface area contributed by atoms with E-state index in [0.29, 0.717) is 23.6 Å². The number of nitrogens with one attached hydrogen (secondary N) is 1. The van der Waals surface area contributed by atoms with Crippen molar-refractivity contribution < 1.29 is 13.5 Å². The molecule has 3 aromatic rings. The molecule has 9 nitrogen and oxygen atoms in total. The van der Waals surface area contributed by atoms with Gasteiger partial charge in [0.1, 0.15) is 0 Å². The summed E-state index contributed by atoms with van der Waals surface area (Å²) in [4.78, 5) is 11.5. The molecule has 0 aliphatic heterocycles. The van der Waals surface area contributed by atoms with Crippen molar-refractivity contribution in [2.75, 3.05) is 31.8 Å². The zero-order valence-electron chi connectivity index (χ0n) is 18.5. The normalized spacial score (nSPS) is 19.5. The van der Waals surface area contributed by atoms with Gasteiger partial charge in [-0.25, -0.2) is 18.1 Å². The Morgan fingerprint density at radius 3 is 2.53 bits per heavy atom. The Labute approximate surface area is 188 Å². The van der Waals surface area contributed by atoms with Crippen LogP contribution in [-0.4, -0.2) is 70.7 Å². The van der Waals surface area contributed by atoms with E-state index in [1.807, 2.05) is 4.68 Å². The van der Waals surface area contributed by atoms with Crippen LogP contribution >= 0.6 is 0 Å². The predicted molar refractivity (Wildman–Crippen MR) is 124 cm³/mol. The van der Waals surface area contributed by atoms with Gasteiger partial charge in [-0.15, -0.1) is 0 Å². The molecule has 10 heteroatoms. The van der Waals surface area contributed by atoms with Crippen molar-refractivity contribution in [2.24, 2.45) is 5.92 Å². The second kappa shape index (κ2) is 9.51. The molecular weight excluding hydrogens is 428 g/mol. The molecule has 2 aromatic heterocycles. The van der Waals surface area contributed by atoms with Crippen LogP contribution in [0.4, 0.5) is 11.6 Å². The minimum absolute atomic E-state index is 0.202. The first-order valence-corrected chi connectivity index (χ1v) is 12.8. The number of rotatable bonds is 8. The smallest absolute Gasteiger partial charge is 0.229 e. The number of nitrogens with zero attached hydrogens (tertiary/aromatic N) is 5. The van der Waals surface area contributed by atoms with Gasteiger partial charge >= 0.3 is 0 Å². The van der Waals surface area contributed by atoms with Gasteiger partial charge in [0.05, 0.1) is 23.1 Å². The van der Waals surface area contributed by atoms with Crippen LogP contribution in [0, 0.1) is 5.92 Å². The summed E-state index contributed by atoms with van der Waals surface area (Å²) in [7, 11) is -1.14. The SMILES string of the molecule is CN(CCO)C1CCC(Cn2ncc3cnc(Nc4ccc(S(C)(=O)=O)cc4)nc32)CC1. The van der Waals surface area contributed by atoms with Crippen molar-refractivity contribution in [3.63, 3.8) is 0 Å². The van der Waals surface area contributed by atoms with E-state index in [-0.39, 0.29) is 11.5 Å². The highest BCUT2D eigenvalue weighted by Gasteiger charge is 2.24. The zero-order valence-corrected chi connectivity index (χ0v) is 19.3. The summed E-state index contributed by atoms with van der Waals surface area (Å²) in [5, 5.41) is 17.7. The molecule has 1 aliphatic carbocycles. The number of sulfone groups is 1. The third kappa shape index (κ3) is 5.25. The third-order valence-corrected chi connectivity index (χ3v) is 7.37. The maximum atomic E-state index is 11.6. The summed E-state index contributed by atoms with van der Waals surface area (Å²) in [5.74, 6) is 0.993. The molecular formula is C22H30N6O3S. The van der Waals surface area contributed by atoms with Crippen LogP contribution in [0.15, 0.2) is 41.6 Å². The summed E-state index contributed by atoms with van der Waals surface area (Å²) in [6.45, 7) is 1.75.